The number of nitrogens with one attached hydrogen (secondary N) is 1. The number of hydrogen-bond acceptors (Lipinski definition) is 4. The van der Waals surface area contributed by atoms with Gasteiger partial charge in [0.25, 0.3) is 0 Å². The number of aromatic nitrogens is 1. The van der Waals surface area contributed by atoms with Crippen molar-refractivity contribution >= 4 is 22.8 Å². The van der Waals surface area contributed by atoms with Crippen molar-refractivity contribution in [2.24, 2.45) is 4.99 Å². The van der Waals surface area contributed by atoms with E-state index in [1.54, 1.807) is 18.3 Å². The molecule has 168 valence electrons. The molecule has 0 amide bonds. The van der Waals surface area contributed by atoms with Gasteiger partial charge in [0.2, 0.25) is 0 Å². The van der Waals surface area contributed by atoms with Gasteiger partial charge in [-0.05, 0) is 79.5 Å². The number of aromatic hydroxyl groups is 1. The number of rotatable bonds is 7. The molecule has 0 unspecified atom stereocenters. The Morgan fingerprint density at radius 1 is 0.970 bits per heavy atom. The maximum Gasteiger partial charge on any atom is 0.198 e. The molecule has 5 rings (SSSR count). The zero-order valence-electron chi connectivity index (χ0n) is 18.3. The molecule has 0 bridgehead atoms. The van der Waals surface area contributed by atoms with E-state index >= 15 is 0 Å². The van der Waals surface area contributed by atoms with Crippen LogP contribution in [-0.2, 0) is 0 Å². The standard InChI is InChI=1S/C27H26FN3O2/c28-21-6-3-19(4-7-21)20-5-12-24-25(27(32)30-26(24)17-20)18-29-22-8-10-23(11-9-22)33-16-15-31-13-1-2-14-31/h3-12,17-18,30,32H,1-2,13-16H2. The first-order valence-electron chi connectivity index (χ1n) is 11.3. The predicted molar refractivity (Wildman–Crippen MR) is 130 cm³/mol. The zero-order chi connectivity index (χ0) is 22.6. The molecular weight excluding hydrogens is 417 g/mol. The Labute approximate surface area is 192 Å². The number of nitrogens with zero attached hydrogens (tertiary/aromatic N) is 2. The molecule has 1 aromatic heterocycles. The van der Waals surface area contributed by atoms with Crippen LogP contribution in [0.1, 0.15) is 18.4 Å². The topological polar surface area (TPSA) is 60.9 Å². The van der Waals surface area contributed by atoms with Crippen LogP contribution in [0.2, 0.25) is 0 Å². The van der Waals surface area contributed by atoms with Crippen LogP contribution >= 0.6 is 0 Å². The number of likely N-dealkylation sites (tertiary alicyclic amines) is 1. The molecule has 1 aliphatic heterocycles. The molecule has 0 spiro atoms. The summed E-state index contributed by atoms with van der Waals surface area (Å²) in [6.45, 7) is 3.99. The third-order valence-corrected chi connectivity index (χ3v) is 6.05. The normalized spacial score (nSPS) is 14.5. The van der Waals surface area contributed by atoms with Crippen molar-refractivity contribution in [3.8, 4) is 22.8 Å². The summed E-state index contributed by atoms with van der Waals surface area (Å²) in [4.78, 5) is 9.96. The Hall–Kier alpha value is -3.64. The number of hydrogen-bond donors (Lipinski definition) is 2. The van der Waals surface area contributed by atoms with E-state index in [1.807, 2.05) is 42.5 Å². The summed E-state index contributed by atoms with van der Waals surface area (Å²) in [6.07, 6.45) is 4.23. The minimum Gasteiger partial charge on any atom is -0.494 e. The van der Waals surface area contributed by atoms with E-state index in [1.165, 1.54) is 38.1 Å². The van der Waals surface area contributed by atoms with Gasteiger partial charge < -0.3 is 14.8 Å². The Morgan fingerprint density at radius 3 is 2.45 bits per heavy atom. The van der Waals surface area contributed by atoms with E-state index in [-0.39, 0.29) is 11.7 Å². The fraction of sp³-hybridized carbons (Fsp3) is 0.222. The average Bonchev–Trinajstić information content (AvgIpc) is 3.46. The number of benzene rings is 3. The Balaban J connectivity index is 1.27. The summed E-state index contributed by atoms with van der Waals surface area (Å²) in [6, 6.07) is 19.8. The number of aromatic amines is 1. The molecule has 0 radical (unpaired) electrons. The fourth-order valence-corrected chi connectivity index (χ4v) is 4.22. The summed E-state index contributed by atoms with van der Waals surface area (Å²) in [7, 11) is 0. The highest BCUT2D eigenvalue weighted by Crippen LogP contribution is 2.30. The first kappa shape index (κ1) is 21.2. The first-order valence-corrected chi connectivity index (χ1v) is 11.3. The summed E-state index contributed by atoms with van der Waals surface area (Å²) >= 11 is 0. The van der Waals surface area contributed by atoms with Gasteiger partial charge in [-0.2, -0.15) is 0 Å². The molecule has 33 heavy (non-hydrogen) atoms. The maximum atomic E-state index is 13.2. The van der Waals surface area contributed by atoms with Crippen LogP contribution in [0, 0.1) is 5.82 Å². The number of aliphatic imine (C=N–C) groups is 1. The monoisotopic (exact) mass is 443 g/mol. The number of H-pyrrole nitrogens is 1. The van der Waals surface area contributed by atoms with Gasteiger partial charge in [-0.3, -0.25) is 9.89 Å². The highest BCUT2D eigenvalue weighted by Gasteiger charge is 2.12. The van der Waals surface area contributed by atoms with Crippen molar-refractivity contribution in [3.63, 3.8) is 0 Å². The fourth-order valence-electron chi connectivity index (χ4n) is 4.22. The quantitative estimate of drug-likeness (QED) is 0.349. The van der Waals surface area contributed by atoms with Gasteiger partial charge in [0, 0.05) is 23.7 Å². The lowest BCUT2D eigenvalue weighted by atomic mass is 10.0. The second kappa shape index (κ2) is 9.46. The van der Waals surface area contributed by atoms with Gasteiger partial charge in [-0.25, -0.2) is 4.39 Å². The minimum atomic E-state index is -0.266. The third kappa shape index (κ3) is 4.91. The van der Waals surface area contributed by atoms with Gasteiger partial charge in [0.1, 0.15) is 18.2 Å². The second-order valence-electron chi connectivity index (χ2n) is 8.30. The molecule has 2 heterocycles. The molecule has 1 aliphatic rings. The van der Waals surface area contributed by atoms with Crippen LogP contribution in [-0.4, -0.2) is 47.4 Å². The highest BCUT2D eigenvalue weighted by molar-refractivity contribution is 6.03. The summed E-state index contributed by atoms with van der Waals surface area (Å²) in [5.41, 5.74) is 4.04. The van der Waals surface area contributed by atoms with Crippen molar-refractivity contribution in [1.82, 2.24) is 9.88 Å². The Kier molecular flexibility index (Phi) is 6.09. The van der Waals surface area contributed by atoms with Crippen LogP contribution < -0.4 is 4.74 Å². The first-order chi connectivity index (χ1) is 16.2. The van der Waals surface area contributed by atoms with Crippen LogP contribution in [0.3, 0.4) is 0 Å². The van der Waals surface area contributed by atoms with Crippen molar-refractivity contribution in [1.29, 1.82) is 0 Å². The molecule has 0 saturated carbocycles. The molecule has 4 aromatic rings. The van der Waals surface area contributed by atoms with E-state index in [9.17, 15) is 9.50 Å². The molecular formula is C27H26FN3O2. The van der Waals surface area contributed by atoms with E-state index in [0.717, 1.165) is 40.0 Å². The molecule has 1 fully saturated rings. The van der Waals surface area contributed by atoms with E-state index in [0.29, 0.717) is 12.2 Å². The third-order valence-electron chi connectivity index (χ3n) is 6.05. The van der Waals surface area contributed by atoms with Gasteiger partial charge in [0.05, 0.1) is 11.3 Å². The minimum absolute atomic E-state index is 0.0619. The van der Waals surface area contributed by atoms with Crippen molar-refractivity contribution < 1.29 is 14.2 Å². The zero-order valence-corrected chi connectivity index (χ0v) is 18.3. The summed E-state index contributed by atoms with van der Waals surface area (Å²) in [5.74, 6) is 0.626. The lowest BCUT2D eigenvalue weighted by Gasteiger charge is -2.14. The number of fused-ring (bicyclic) bond motifs is 1. The van der Waals surface area contributed by atoms with E-state index in [2.05, 4.69) is 14.9 Å². The number of ether oxygens (including phenoxy) is 1. The Morgan fingerprint density at radius 2 is 1.70 bits per heavy atom. The van der Waals surface area contributed by atoms with Gasteiger partial charge in [0.15, 0.2) is 5.88 Å². The second-order valence-corrected chi connectivity index (χ2v) is 8.30. The molecule has 0 aliphatic carbocycles. The Bertz CT molecular complexity index is 1260. The van der Waals surface area contributed by atoms with Crippen LogP contribution in [0.15, 0.2) is 71.7 Å². The molecule has 3 aromatic carbocycles. The summed E-state index contributed by atoms with van der Waals surface area (Å²) < 4.78 is 19.1. The largest absolute Gasteiger partial charge is 0.494 e. The van der Waals surface area contributed by atoms with Gasteiger partial charge in [-0.1, -0.05) is 24.3 Å². The van der Waals surface area contributed by atoms with Gasteiger partial charge in [-0.15, -0.1) is 0 Å². The molecule has 1 saturated heterocycles. The lowest BCUT2D eigenvalue weighted by Crippen LogP contribution is -2.25. The van der Waals surface area contributed by atoms with Crippen molar-refractivity contribution in [2.75, 3.05) is 26.2 Å². The lowest BCUT2D eigenvalue weighted by molar-refractivity contribution is 0.238. The van der Waals surface area contributed by atoms with Crippen LogP contribution in [0.5, 0.6) is 11.6 Å². The van der Waals surface area contributed by atoms with E-state index < -0.39 is 0 Å². The summed E-state index contributed by atoms with van der Waals surface area (Å²) in [5, 5.41) is 11.3. The SMILES string of the molecule is Oc1[nH]c2cc(-c3ccc(F)cc3)ccc2c1C=Nc1ccc(OCCN2CCCC2)cc1. The smallest absolute Gasteiger partial charge is 0.198 e. The number of halogens is 1. The van der Waals surface area contributed by atoms with E-state index in [4.69, 9.17) is 4.74 Å². The maximum absolute atomic E-state index is 13.2. The highest BCUT2D eigenvalue weighted by atomic mass is 19.1. The average molecular weight is 444 g/mol. The predicted octanol–water partition coefficient (Wildman–Crippen LogP) is 5.90. The van der Waals surface area contributed by atoms with Crippen LogP contribution in [0.25, 0.3) is 22.0 Å². The van der Waals surface area contributed by atoms with Crippen molar-refractivity contribution in [2.45, 2.75) is 12.8 Å². The molecule has 2 N–H and O–H groups in total. The molecule has 6 heteroatoms. The molecule has 5 nitrogen and oxygen atoms in total. The molecule has 0 atom stereocenters. The van der Waals surface area contributed by atoms with Crippen LogP contribution in [0.4, 0.5) is 10.1 Å². The van der Waals surface area contributed by atoms with Gasteiger partial charge >= 0.3 is 0 Å². The van der Waals surface area contributed by atoms with Crippen molar-refractivity contribution in [3.05, 3.63) is 78.1 Å².